The number of benzene rings is 1. The minimum atomic E-state index is 0.0406. The van der Waals surface area contributed by atoms with Gasteiger partial charge in [-0.15, -0.1) is 0 Å². The predicted molar refractivity (Wildman–Crippen MR) is 88.9 cm³/mol. The number of ketones is 1. The van der Waals surface area contributed by atoms with Crippen LogP contribution >= 0.6 is 15.9 Å². The Morgan fingerprint density at radius 1 is 1.33 bits per heavy atom. The molecule has 0 fully saturated rings. The first-order chi connectivity index (χ1) is 9.90. The summed E-state index contributed by atoms with van der Waals surface area (Å²) in [7, 11) is 0. The number of fused-ring (bicyclic) bond motifs is 1. The maximum atomic E-state index is 12.4. The number of carbonyl (C=O) groups is 2. The lowest BCUT2D eigenvalue weighted by molar-refractivity contribution is -0.116. The molecule has 1 amide bonds. The first kappa shape index (κ1) is 16.2. The van der Waals surface area contributed by atoms with Gasteiger partial charge in [0.05, 0.1) is 0 Å². The van der Waals surface area contributed by atoms with Crippen LogP contribution in [0, 0.1) is 5.92 Å². The van der Waals surface area contributed by atoms with Crippen molar-refractivity contribution < 1.29 is 9.59 Å². The lowest BCUT2D eigenvalue weighted by Crippen LogP contribution is -2.33. The second-order valence-electron chi connectivity index (χ2n) is 6.09. The molecule has 4 heteroatoms. The van der Waals surface area contributed by atoms with Gasteiger partial charge in [-0.05, 0) is 42.9 Å². The van der Waals surface area contributed by atoms with Crippen molar-refractivity contribution in [1.82, 2.24) is 0 Å². The Morgan fingerprint density at radius 3 is 2.67 bits per heavy atom. The van der Waals surface area contributed by atoms with Crippen LogP contribution in [-0.2, 0) is 11.2 Å². The average molecular weight is 352 g/mol. The zero-order chi connectivity index (χ0) is 15.6. The third-order valence-corrected chi connectivity index (χ3v) is 4.57. The van der Waals surface area contributed by atoms with Crippen LogP contribution in [0.3, 0.4) is 0 Å². The number of anilines is 1. The lowest BCUT2D eigenvalue weighted by Gasteiger charge is -2.29. The van der Waals surface area contributed by atoms with Gasteiger partial charge < -0.3 is 4.90 Å². The molecule has 1 aromatic rings. The standard InChI is InChI=1S/C17H22BrNO2/c1-11(2)6-7-17(21)14-10-16-13(9-15(14)18)5-4-8-19(16)12(3)20/h9-11H,4-8H2,1-3H3. The van der Waals surface area contributed by atoms with Crippen LogP contribution in [0.15, 0.2) is 16.6 Å². The molecule has 0 unspecified atom stereocenters. The predicted octanol–water partition coefficient (Wildman–Crippen LogP) is 4.37. The van der Waals surface area contributed by atoms with Crippen molar-refractivity contribution >= 4 is 33.3 Å². The quantitative estimate of drug-likeness (QED) is 0.755. The topological polar surface area (TPSA) is 37.4 Å². The molecule has 1 aromatic carbocycles. The average Bonchev–Trinajstić information content (AvgIpc) is 2.43. The summed E-state index contributed by atoms with van der Waals surface area (Å²) in [6.45, 7) is 6.56. The summed E-state index contributed by atoms with van der Waals surface area (Å²) in [4.78, 5) is 26.0. The van der Waals surface area contributed by atoms with Gasteiger partial charge in [0.2, 0.25) is 5.91 Å². The molecule has 0 saturated heterocycles. The highest BCUT2D eigenvalue weighted by Gasteiger charge is 2.23. The van der Waals surface area contributed by atoms with Crippen LogP contribution in [0.25, 0.3) is 0 Å². The number of aryl methyl sites for hydroxylation is 1. The molecule has 0 spiro atoms. The fourth-order valence-electron chi connectivity index (χ4n) is 2.70. The zero-order valence-electron chi connectivity index (χ0n) is 12.9. The van der Waals surface area contributed by atoms with Gasteiger partial charge >= 0.3 is 0 Å². The van der Waals surface area contributed by atoms with Gasteiger partial charge in [-0.3, -0.25) is 9.59 Å². The van der Waals surface area contributed by atoms with E-state index in [2.05, 4.69) is 29.8 Å². The maximum absolute atomic E-state index is 12.4. The molecule has 0 saturated carbocycles. The number of rotatable bonds is 4. The summed E-state index contributed by atoms with van der Waals surface area (Å²) < 4.78 is 0.848. The molecule has 0 atom stereocenters. The molecule has 0 aliphatic carbocycles. The van der Waals surface area contributed by atoms with E-state index >= 15 is 0 Å². The number of halogens is 1. The highest BCUT2D eigenvalue weighted by atomic mass is 79.9. The minimum absolute atomic E-state index is 0.0406. The van der Waals surface area contributed by atoms with E-state index in [4.69, 9.17) is 0 Å². The van der Waals surface area contributed by atoms with Crippen LogP contribution in [-0.4, -0.2) is 18.2 Å². The Kier molecular flexibility index (Phi) is 5.20. The molecule has 0 radical (unpaired) electrons. The van der Waals surface area contributed by atoms with Crippen molar-refractivity contribution in [3.8, 4) is 0 Å². The summed E-state index contributed by atoms with van der Waals surface area (Å²) in [5.74, 6) is 0.699. The Bertz CT molecular complexity index is 566. The molecule has 1 aliphatic heterocycles. The first-order valence-electron chi connectivity index (χ1n) is 7.54. The normalized spacial score (nSPS) is 14.2. The van der Waals surface area contributed by atoms with Crippen LogP contribution in [0.2, 0.25) is 0 Å². The highest BCUT2D eigenvalue weighted by molar-refractivity contribution is 9.10. The molecule has 0 N–H and O–H groups in total. The fourth-order valence-corrected chi connectivity index (χ4v) is 3.31. The van der Waals surface area contributed by atoms with Gasteiger partial charge in [-0.1, -0.05) is 29.8 Å². The van der Waals surface area contributed by atoms with Crippen molar-refractivity contribution in [2.24, 2.45) is 5.92 Å². The van der Waals surface area contributed by atoms with Crippen LogP contribution in [0.5, 0.6) is 0 Å². The Balaban J connectivity index is 2.33. The Labute approximate surface area is 134 Å². The Morgan fingerprint density at radius 2 is 2.05 bits per heavy atom. The van der Waals surface area contributed by atoms with Gasteiger partial charge in [0.25, 0.3) is 0 Å². The number of hydrogen-bond acceptors (Lipinski definition) is 2. The molecule has 0 aromatic heterocycles. The van der Waals surface area contributed by atoms with Crippen LogP contribution in [0.4, 0.5) is 5.69 Å². The monoisotopic (exact) mass is 351 g/mol. The van der Waals surface area contributed by atoms with Crippen LogP contribution in [0.1, 0.15) is 56.0 Å². The molecule has 21 heavy (non-hydrogen) atoms. The van der Waals surface area contributed by atoms with E-state index < -0.39 is 0 Å². The Hall–Kier alpha value is -1.16. The summed E-state index contributed by atoms with van der Waals surface area (Å²) in [6.07, 6.45) is 3.37. The smallest absolute Gasteiger partial charge is 0.223 e. The molecular formula is C17H22BrNO2. The third-order valence-electron chi connectivity index (χ3n) is 3.92. The summed E-state index contributed by atoms with van der Waals surface area (Å²) in [6, 6.07) is 3.90. The van der Waals surface area contributed by atoms with E-state index in [0.717, 1.165) is 41.5 Å². The van der Waals surface area contributed by atoms with E-state index in [9.17, 15) is 9.59 Å². The van der Waals surface area contributed by atoms with Gasteiger partial charge in [-0.25, -0.2) is 0 Å². The summed E-state index contributed by atoms with van der Waals surface area (Å²) in [5.41, 5.74) is 2.75. The van der Waals surface area contributed by atoms with Gasteiger partial charge in [0, 0.05) is 35.6 Å². The van der Waals surface area contributed by atoms with Crippen molar-refractivity contribution in [2.45, 2.75) is 46.5 Å². The van der Waals surface area contributed by atoms with Crippen molar-refractivity contribution in [3.63, 3.8) is 0 Å². The number of nitrogens with zero attached hydrogens (tertiary/aromatic N) is 1. The van der Waals surface area contributed by atoms with Gasteiger partial charge in [-0.2, -0.15) is 0 Å². The number of Topliss-reactive ketones (excluding diaryl/α,β-unsaturated/α-hetero) is 1. The highest BCUT2D eigenvalue weighted by Crippen LogP contribution is 2.33. The SMILES string of the molecule is CC(=O)N1CCCc2cc(Br)c(C(=O)CCC(C)C)cc21. The maximum Gasteiger partial charge on any atom is 0.223 e. The summed E-state index contributed by atoms with van der Waals surface area (Å²) >= 11 is 3.52. The van der Waals surface area contributed by atoms with E-state index in [1.165, 1.54) is 0 Å². The van der Waals surface area contributed by atoms with E-state index in [0.29, 0.717) is 17.9 Å². The number of carbonyl (C=O) groups excluding carboxylic acids is 2. The fraction of sp³-hybridized carbons (Fsp3) is 0.529. The zero-order valence-corrected chi connectivity index (χ0v) is 14.5. The second-order valence-corrected chi connectivity index (χ2v) is 6.95. The van der Waals surface area contributed by atoms with Crippen molar-refractivity contribution in [1.29, 1.82) is 0 Å². The first-order valence-corrected chi connectivity index (χ1v) is 8.33. The third kappa shape index (κ3) is 3.73. The molecule has 3 nitrogen and oxygen atoms in total. The summed E-state index contributed by atoms with van der Waals surface area (Å²) in [5, 5.41) is 0. The van der Waals surface area contributed by atoms with Crippen LogP contribution < -0.4 is 4.90 Å². The van der Waals surface area contributed by atoms with Gasteiger partial charge in [0.15, 0.2) is 5.78 Å². The molecule has 114 valence electrons. The van der Waals surface area contributed by atoms with E-state index in [1.807, 2.05) is 12.1 Å². The largest absolute Gasteiger partial charge is 0.312 e. The lowest BCUT2D eigenvalue weighted by atomic mass is 9.96. The number of hydrogen-bond donors (Lipinski definition) is 0. The molecule has 2 rings (SSSR count). The van der Waals surface area contributed by atoms with E-state index in [-0.39, 0.29) is 11.7 Å². The van der Waals surface area contributed by atoms with Crippen molar-refractivity contribution in [3.05, 3.63) is 27.7 Å². The minimum Gasteiger partial charge on any atom is -0.312 e. The molecular weight excluding hydrogens is 330 g/mol. The van der Waals surface area contributed by atoms with Crippen molar-refractivity contribution in [2.75, 3.05) is 11.4 Å². The molecule has 1 heterocycles. The second kappa shape index (κ2) is 6.73. The molecule has 0 bridgehead atoms. The number of amides is 1. The van der Waals surface area contributed by atoms with E-state index in [1.54, 1.807) is 11.8 Å². The van der Waals surface area contributed by atoms with Gasteiger partial charge in [0.1, 0.15) is 0 Å². The molecule has 1 aliphatic rings.